The molecule has 2 heterocycles. The molecule has 3 aromatic rings. The monoisotopic (exact) mass is 470 g/mol. The number of aromatic nitrogens is 1. The second-order valence-electron chi connectivity index (χ2n) is 8.03. The molecule has 2 aromatic carbocycles. The van der Waals surface area contributed by atoms with Gasteiger partial charge in [0.15, 0.2) is 5.11 Å². The van der Waals surface area contributed by atoms with Crippen molar-refractivity contribution < 1.29 is 4.74 Å². The largest absolute Gasteiger partial charge is 0.379 e. The first-order valence-electron chi connectivity index (χ1n) is 10.7. The third-order valence-corrected chi connectivity index (χ3v) is 6.19. The van der Waals surface area contributed by atoms with E-state index in [4.69, 9.17) is 28.6 Å². The molecule has 1 aliphatic rings. The molecule has 1 aliphatic heterocycles. The van der Waals surface area contributed by atoms with Gasteiger partial charge < -0.3 is 19.9 Å². The average Bonchev–Trinajstić information content (AvgIpc) is 2.78. The number of morpholine rings is 1. The summed E-state index contributed by atoms with van der Waals surface area (Å²) in [5.74, 6) is 0. The number of nitrogens with one attached hydrogen (secondary N) is 2. The van der Waals surface area contributed by atoms with E-state index in [1.54, 1.807) is 0 Å². The van der Waals surface area contributed by atoms with E-state index in [0.717, 1.165) is 55.0 Å². The maximum absolute atomic E-state index is 12.8. The molecule has 1 aromatic heterocycles. The lowest BCUT2D eigenvalue weighted by Gasteiger charge is -2.31. The molecule has 0 radical (unpaired) electrons. The number of pyridine rings is 1. The third-order valence-electron chi connectivity index (χ3n) is 5.59. The minimum atomic E-state index is -0.0942. The van der Waals surface area contributed by atoms with E-state index >= 15 is 0 Å². The lowest BCUT2D eigenvalue weighted by molar-refractivity contribution is 0.0358. The molecule has 0 saturated carbocycles. The van der Waals surface area contributed by atoms with Gasteiger partial charge in [-0.25, -0.2) is 0 Å². The van der Waals surface area contributed by atoms with Gasteiger partial charge >= 0.3 is 0 Å². The summed E-state index contributed by atoms with van der Waals surface area (Å²) in [6, 6.07) is 15.4. The fraction of sp³-hybridized carbons (Fsp3) is 0.333. The summed E-state index contributed by atoms with van der Waals surface area (Å²) in [5.41, 5.74) is 3.40. The van der Waals surface area contributed by atoms with Crippen molar-refractivity contribution >= 4 is 45.5 Å². The van der Waals surface area contributed by atoms with Gasteiger partial charge in [0.2, 0.25) is 0 Å². The summed E-state index contributed by atoms with van der Waals surface area (Å²) in [6.07, 6.45) is 0. The lowest BCUT2D eigenvalue weighted by atomic mass is 10.1. The zero-order chi connectivity index (χ0) is 22.5. The number of rotatable bonds is 6. The molecule has 0 bridgehead atoms. The molecule has 0 atom stereocenters. The van der Waals surface area contributed by atoms with E-state index in [1.807, 2.05) is 54.3 Å². The third kappa shape index (κ3) is 5.86. The molecule has 8 heteroatoms. The Kier molecular flexibility index (Phi) is 7.42. The second kappa shape index (κ2) is 10.4. The van der Waals surface area contributed by atoms with E-state index in [9.17, 15) is 4.79 Å². The smallest absolute Gasteiger partial charge is 0.253 e. The highest BCUT2D eigenvalue weighted by molar-refractivity contribution is 7.80. The Morgan fingerprint density at radius 3 is 2.81 bits per heavy atom. The normalized spacial score (nSPS) is 14.4. The summed E-state index contributed by atoms with van der Waals surface area (Å²) in [4.78, 5) is 20.2. The molecule has 0 unspecified atom stereocenters. The minimum Gasteiger partial charge on any atom is -0.379 e. The topological polar surface area (TPSA) is 60.6 Å². The van der Waals surface area contributed by atoms with Crippen molar-refractivity contribution in [1.29, 1.82) is 0 Å². The predicted octanol–water partition coefficient (Wildman–Crippen LogP) is 4.02. The standard InChI is InChI=1S/C24H27ClN4O2S/c1-17-5-6-22-18(13-17)14-19(23(30)27-22)16-29(8-7-28-9-11-31-12-10-28)24(32)26-21-4-2-3-20(25)15-21/h2-6,13-15H,7-12,16H2,1H3,(H,26,32)(H,27,30). The van der Waals surface area contributed by atoms with E-state index in [1.165, 1.54) is 0 Å². The summed E-state index contributed by atoms with van der Waals surface area (Å²) in [5, 5.41) is 5.49. The molecule has 32 heavy (non-hydrogen) atoms. The van der Waals surface area contributed by atoms with Crippen LogP contribution in [0.25, 0.3) is 10.9 Å². The Labute approximate surface area is 198 Å². The molecule has 168 valence electrons. The van der Waals surface area contributed by atoms with Crippen molar-refractivity contribution in [2.75, 3.05) is 44.7 Å². The van der Waals surface area contributed by atoms with Crippen LogP contribution in [0.2, 0.25) is 5.02 Å². The number of ether oxygens (including phenoxy) is 1. The number of fused-ring (bicyclic) bond motifs is 1. The molecular formula is C24H27ClN4O2S. The van der Waals surface area contributed by atoms with Gasteiger partial charge in [0.1, 0.15) is 0 Å². The molecule has 2 N–H and O–H groups in total. The van der Waals surface area contributed by atoms with Gasteiger partial charge in [-0.3, -0.25) is 9.69 Å². The summed E-state index contributed by atoms with van der Waals surface area (Å²) in [6.45, 7) is 7.28. The SMILES string of the molecule is Cc1ccc2[nH]c(=O)c(CN(CCN3CCOCC3)C(=S)Nc3cccc(Cl)c3)cc2c1. The molecule has 0 spiro atoms. The van der Waals surface area contributed by atoms with Gasteiger partial charge in [0, 0.05) is 48.0 Å². The van der Waals surface area contributed by atoms with E-state index in [0.29, 0.717) is 28.8 Å². The highest BCUT2D eigenvalue weighted by Gasteiger charge is 2.17. The Balaban J connectivity index is 1.56. The van der Waals surface area contributed by atoms with E-state index in [-0.39, 0.29) is 5.56 Å². The van der Waals surface area contributed by atoms with Crippen LogP contribution in [0.5, 0.6) is 0 Å². The van der Waals surface area contributed by atoms with E-state index < -0.39 is 0 Å². The zero-order valence-electron chi connectivity index (χ0n) is 18.1. The first-order valence-corrected chi connectivity index (χ1v) is 11.5. The number of H-pyrrole nitrogens is 1. The van der Waals surface area contributed by atoms with Crippen LogP contribution in [0.15, 0.2) is 53.3 Å². The predicted molar refractivity (Wildman–Crippen MR) is 135 cm³/mol. The van der Waals surface area contributed by atoms with Crippen LogP contribution in [0.3, 0.4) is 0 Å². The summed E-state index contributed by atoms with van der Waals surface area (Å²) in [7, 11) is 0. The fourth-order valence-corrected chi connectivity index (χ4v) is 4.27. The van der Waals surface area contributed by atoms with Crippen LogP contribution in [0, 0.1) is 6.92 Å². The van der Waals surface area contributed by atoms with Crippen molar-refractivity contribution in [2.24, 2.45) is 0 Å². The number of anilines is 1. The number of halogens is 1. The Bertz CT molecular complexity index is 1160. The minimum absolute atomic E-state index is 0.0942. The van der Waals surface area contributed by atoms with Crippen molar-refractivity contribution in [3.8, 4) is 0 Å². The number of hydrogen-bond donors (Lipinski definition) is 2. The number of aromatic amines is 1. The second-order valence-corrected chi connectivity index (χ2v) is 8.85. The molecule has 0 amide bonds. The first-order chi connectivity index (χ1) is 15.5. The quantitative estimate of drug-likeness (QED) is 0.530. The number of aryl methyl sites for hydroxylation is 1. The first kappa shape index (κ1) is 22.7. The van der Waals surface area contributed by atoms with Crippen LogP contribution >= 0.6 is 23.8 Å². The maximum Gasteiger partial charge on any atom is 0.253 e. The Morgan fingerprint density at radius 2 is 2.03 bits per heavy atom. The fourth-order valence-electron chi connectivity index (χ4n) is 3.80. The molecule has 0 aliphatic carbocycles. The van der Waals surface area contributed by atoms with Crippen LogP contribution < -0.4 is 10.9 Å². The number of benzene rings is 2. The average molecular weight is 471 g/mol. The maximum atomic E-state index is 12.8. The highest BCUT2D eigenvalue weighted by Crippen LogP contribution is 2.17. The van der Waals surface area contributed by atoms with Crippen LogP contribution in [-0.2, 0) is 11.3 Å². The molecule has 4 rings (SSSR count). The summed E-state index contributed by atoms with van der Waals surface area (Å²) < 4.78 is 5.45. The van der Waals surface area contributed by atoms with Gasteiger partial charge in [-0.05, 0) is 60.9 Å². The molecule has 1 fully saturated rings. The zero-order valence-corrected chi connectivity index (χ0v) is 19.6. The highest BCUT2D eigenvalue weighted by atomic mass is 35.5. The van der Waals surface area contributed by atoms with E-state index in [2.05, 4.69) is 21.3 Å². The number of thiocarbonyl (C=S) groups is 1. The Hall–Kier alpha value is -2.45. The van der Waals surface area contributed by atoms with Crippen molar-refractivity contribution in [3.63, 3.8) is 0 Å². The van der Waals surface area contributed by atoms with Crippen LogP contribution in [-0.4, -0.2) is 59.3 Å². The van der Waals surface area contributed by atoms with Crippen molar-refractivity contribution in [3.05, 3.63) is 75.0 Å². The van der Waals surface area contributed by atoms with Gasteiger partial charge in [0.25, 0.3) is 5.56 Å². The summed E-state index contributed by atoms with van der Waals surface area (Å²) >= 11 is 11.9. The van der Waals surface area contributed by atoms with Gasteiger partial charge in [-0.15, -0.1) is 0 Å². The van der Waals surface area contributed by atoms with Gasteiger partial charge in [-0.2, -0.15) is 0 Å². The Morgan fingerprint density at radius 1 is 1.22 bits per heavy atom. The number of nitrogens with zero attached hydrogens (tertiary/aromatic N) is 2. The van der Waals surface area contributed by atoms with Crippen molar-refractivity contribution in [2.45, 2.75) is 13.5 Å². The van der Waals surface area contributed by atoms with Crippen molar-refractivity contribution in [1.82, 2.24) is 14.8 Å². The molecular weight excluding hydrogens is 444 g/mol. The van der Waals surface area contributed by atoms with Crippen LogP contribution in [0.1, 0.15) is 11.1 Å². The van der Waals surface area contributed by atoms with Gasteiger partial charge in [-0.1, -0.05) is 29.3 Å². The molecule has 1 saturated heterocycles. The lowest BCUT2D eigenvalue weighted by Crippen LogP contribution is -2.44. The van der Waals surface area contributed by atoms with Crippen LogP contribution in [0.4, 0.5) is 5.69 Å². The van der Waals surface area contributed by atoms with Gasteiger partial charge in [0.05, 0.1) is 19.8 Å². The molecule has 6 nitrogen and oxygen atoms in total. The number of hydrogen-bond acceptors (Lipinski definition) is 4.